The van der Waals surface area contributed by atoms with Crippen LogP contribution in [-0.2, 0) is 9.59 Å². The van der Waals surface area contributed by atoms with Crippen molar-refractivity contribution in [2.45, 2.75) is 78.1 Å². The maximum Gasteiger partial charge on any atom is 0.147 e. The summed E-state index contributed by atoms with van der Waals surface area (Å²) in [5.74, 6) is 0.521. The molecule has 3 aliphatic rings. The van der Waals surface area contributed by atoms with Crippen LogP contribution < -0.4 is 0 Å². The van der Waals surface area contributed by atoms with E-state index in [1.54, 1.807) is 0 Å². The van der Waals surface area contributed by atoms with Gasteiger partial charge in [0.2, 0.25) is 0 Å². The second-order valence-corrected chi connectivity index (χ2v) is 9.21. The maximum absolute atomic E-state index is 13.1. The maximum atomic E-state index is 13.1. The lowest BCUT2D eigenvalue weighted by Gasteiger charge is -2.42. The number of carbonyl (C=O) groups is 2. The minimum absolute atomic E-state index is 0.0488. The van der Waals surface area contributed by atoms with Crippen LogP contribution in [0.5, 0.6) is 0 Å². The largest absolute Gasteiger partial charge is 0.303 e. The molecule has 148 valence electrons. The van der Waals surface area contributed by atoms with Gasteiger partial charge in [0.15, 0.2) is 0 Å². The van der Waals surface area contributed by atoms with E-state index in [0.29, 0.717) is 12.8 Å². The second kappa shape index (κ2) is 8.52. The molecule has 3 fully saturated rings. The molecule has 0 radical (unpaired) electrons. The van der Waals surface area contributed by atoms with E-state index in [9.17, 15) is 9.59 Å². The van der Waals surface area contributed by atoms with Gasteiger partial charge in [0, 0.05) is 19.4 Å². The Balaban J connectivity index is 1.55. The second-order valence-electron chi connectivity index (χ2n) is 9.21. The van der Waals surface area contributed by atoms with Crippen LogP contribution >= 0.6 is 0 Å². The van der Waals surface area contributed by atoms with Crippen molar-refractivity contribution in [2.24, 2.45) is 10.8 Å². The molecule has 1 saturated carbocycles. The highest BCUT2D eigenvalue weighted by Gasteiger charge is 2.54. The van der Waals surface area contributed by atoms with E-state index in [-0.39, 0.29) is 17.0 Å². The van der Waals surface area contributed by atoms with Gasteiger partial charge < -0.3 is 9.80 Å². The minimum Gasteiger partial charge on any atom is -0.303 e. The van der Waals surface area contributed by atoms with Crippen LogP contribution in [0, 0.1) is 10.8 Å². The van der Waals surface area contributed by atoms with Crippen molar-refractivity contribution in [2.75, 3.05) is 39.3 Å². The third-order valence-corrected chi connectivity index (χ3v) is 7.16. The zero-order valence-electron chi connectivity index (χ0n) is 17.0. The number of carbonyl (C=O) groups excluding carboxylic acids is 2. The molecule has 1 aliphatic carbocycles. The average Bonchev–Trinajstić information content (AvgIpc) is 3.24. The Labute approximate surface area is 159 Å². The van der Waals surface area contributed by atoms with E-state index in [0.717, 1.165) is 51.7 Å². The molecule has 3 rings (SSSR count). The molecular weight excluding hydrogens is 324 g/mol. The molecule has 0 aromatic heterocycles. The van der Waals surface area contributed by atoms with Gasteiger partial charge in [-0.05, 0) is 76.7 Å². The third kappa shape index (κ3) is 4.06. The van der Waals surface area contributed by atoms with E-state index in [1.165, 1.54) is 38.9 Å². The summed E-state index contributed by atoms with van der Waals surface area (Å²) in [4.78, 5) is 31.3. The van der Waals surface area contributed by atoms with Crippen LogP contribution in [0.1, 0.15) is 78.1 Å². The first kappa shape index (κ1) is 20.0. The molecule has 1 spiro atoms. The molecule has 2 saturated heterocycles. The van der Waals surface area contributed by atoms with Gasteiger partial charge in [-0.25, -0.2) is 0 Å². The minimum atomic E-state index is -0.641. The van der Waals surface area contributed by atoms with Crippen molar-refractivity contribution < 1.29 is 9.59 Å². The summed E-state index contributed by atoms with van der Waals surface area (Å²) < 4.78 is 0. The monoisotopic (exact) mass is 362 g/mol. The highest BCUT2D eigenvalue weighted by Crippen LogP contribution is 2.49. The fourth-order valence-electron chi connectivity index (χ4n) is 5.81. The number of likely N-dealkylation sites (tertiary alicyclic amines) is 2. The Morgan fingerprint density at radius 1 is 0.846 bits per heavy atom. The number of rotatable bonds is 8. The van der Waals surface area contributed by atoms with E-state index >= 15 is 0 Å². The predicted molar refractivity (Wildman–Crippen MR) is 105 cm³/mol. The number of hydrogen-bond donors (Lipinski definition) is 0. The van der Waals surface area contributed by atoms with Crippen molar-refractivity contribution in [1.82, 2.24) is 9.80 Å². The summed E-state index contributed by atoms with van der Waals surface area (Å²) in [5.41, 5.74) is -0.690. The molecular formula is C22H38N2O2. The lowest BCUT2D eigenvalue weighted by atomic mass is 9.59. The highest BCUT2D eigenvalue weighted by molar-refractivity contribution is 6.09. The lowest BCUT2D eigenvalue weighted by molar-refractivity contribution is -0.150. The highest BCUT2D eigenvalue weighted by atomic mass is 16.2. The zero-order chi connectivity index (χ0) is 18.6. The van der Waals surface area contributed by atoms with E-state index in [4.69, 9.17) is 0 Å². The van der Waals surface area contributed by atoms with Gasteiger partial charge in [-0.15, -0.1) is 0 Å². The molecule has 2 heterocycles. The number of ketones is 2. The summed E-state index contributed by atoms with van der Waals surface area (Å²) >= 11 is 0. The summed E-state index contributed by atoms with van der Waals surface area (Å²) in [7, 11) is 0. The van der Waals surface area contributed by atoms with Crippen molar-refractivity contribution in [3.8, 4) is 0 Å². The van der Waals surface area contributed by atoms with Gasteiger partial charge in [0.05, 0.1) is 5.41 Å². The fraction of sp³-hybridized carbons (Fsp3) is 0.909. The van der Waals surface area contributed by atoms with Crippen LogP contribution in [-0.4, -0.2) is 60.6 Å². The molecule has 0 atom stereocenters. The first-order chi connectivity index (χ1) is 12.5. The number of hydrogen-bond acceptors (Lipinski definition) is 4. The third-order valence-electron chi connectivity index (χ3n) is 7.16. The first-order valence-corrected chi connectivity index (χ1v) is 11.0. The van der Waals surface area contributed by atoms with Crippen LogP contribution in [0.3, 0.4) is 0 Å². The van der Waals surface area contributed by atoms with Gasteiger partial charge in [-0.3, -0.25) is 9.59 Å². The van der Waals surface area contributed by atoms with Crippen molar-refractivity contribution in [3.05, 3.63) is 0 Å². The quantitative estimate of drug-likeness (QED) is 0.618. The molecule has 0 unspecified atom stereocenters. The van der Waals surface area contributed by atoms with Gasteiger partial charge in [-0.1, -0.05) is 26.7 Å². The zero-order valence-corrected chi connectivity index (χ0v) is 17.0. The summed E-state index contributed by atoms with van der Waals surface area (Å²) in [6.45, 7) is 11.1. The number of nitrogens with zero attached hydrogens (tertiary/aromatic N) is 2. The predicted octanol–water partition coefficient (Wildman–Crippen LogP) is 3.68. The van der Waals surface area contributed by atoms with Gasteiger partial charge in [-0.2, -0.15) is 0 Å². The summed E-state index contributed by atoms with van der Waals surface area (Å²) in [6.07, 6.45) is 9.60. The van der Waals surface area contributed by atoms with E-state index in [1.807, 2.05) is 0 Å². The average molecular weight is 363 g/mol. The van der Waals surface area contributed by atoms with Crippen LogP contribution in [0.25, 0.3) is 0 Å². The lowest BCUT2D eigenvalue weighted by Crippen LogP contribution is -2.50. The summed E-state index contributed by atoms with van der Waals surface area (Å²) in [6, 6.07) is 0. The molecule has 0 amide bonds. The number of Topliss-reactive ketones (excluding diaryl/α,β-unsaturated/α-hetero) is 2. The molecule has 0 aromatic rings. The molecule has 0 bridgehead atoms. The summed E-state index contributed by atoms with van der Waals surface area (Å²) in [5, 5.41) is 0. The SMILES string of the molecule is CCCC1(CCC)C(=O)CC2(CCN(CCCN3CCCC3)C2)CC1=O. The molecule has 4 heteroatoms. The van der Waals surface area contributed by atoms with Gasteiger partial charge in [0.1, 0.15) is 11.6 Å². The van der Waals surface area contributed by atoms with Gasteiger partial charge in [0.25, 0.3) is 0 Å². The van der Waals surface area contributed by atoms with Crippen molar-refractivity contribution in [3.63, 3.8) is 0 Å². The molecule has 0 aromatic carbocycles. The van der Waals surface area contributed by atoms with E-state index < -0.39 is 5.41 Å². The van der Waals surface area contributed by atoms with Crippen LogP contribution in [0.2, 0.25) is 0 Å². The molecule has 0 N–H and O–H groups in total. The van der Waals surface area contributed by atoms with Crippen molar-refractivity contribution in [1.29, 1.82) is 0 Å². The molecule has 26 heavy (non-hydrogen) atoms. The Bertz CT molecular complexity index is 484. The molecule has 4 nitrogen and oxygen atoms in total. The topological polar surface area (TPSA) is 40.6 Å². The first-order valence-electron chi connectivity index (χ1n) is 11.0. The Morgan fingerprint density at radius 3 is 2.00 bits per heavy atom. The standard InChI is InChI=1S/C22H38N2O2/c1-3-8-22(9-4-2)19(25)16-21(17-20(22)26)10-15-24(18-21)14-7-13-23-11-5-6-12-23/h3-18H2,1-2H3. The van der Waals surface area contributed by atoms with Crippen LogP contribution in [0.4, 0.5) is 0 Å². The van der Waals surface area contributed by atoms with E-state index in [2.05, 4.69) is 23.6 Å². The van der Waals surface area contributed by atoms with Gasteiger partial charge >= 0.3 is 0 Å². The Kier molecular flexibility index (Phi) is 6.55. The smallest absolute Gasteiger partial charge is 0.147 e. The van der Waals surface area contributed by atoms with Crippen molar-refractivity contribution >= 4 is 11.6 Å². The van der Waals surface area contributed by atoms with Crippen LogP contribution in [0.15, 0.2) is 0 Å². The fourth-order valence-corrected chi connectivity index (χ4v) is 5.81. The Morgan fingerprint density at radius 2 is 1.42 bits per heavy atom. The normalized spacial score (nSPS) is 26.2. The molecule has 2 aliphatic heterocycles. The Hall–Kier alpha value is -0.740.